The zero-order valence-corrected chi connectivity index (χ0v) is 14.1. The number of likely N-dealkylation sites (N-methyl/N-ethyl adjacent to an activating group) is 1. The Morgan fingerprint density at radius 1 is 1.18 bits per heavy atom. The van der Waals surface area contributed by atoms with E-state index in [9.17, 15) is 14.4 Å². The van der Waals surface area contributed by atoms with Crippen LogP contribution in [-0.4, -0.2) is 72.2 Å². The van der Waals surface area contributed by atoms with Gasteiger partial charge in [-0.05, 0) is 28.1 Å². The molecule has 1 aliphatic heterocycles. The van der Waals surface area contributed by atoms with Gasteiger partial charge in [-0.15, -0.1) is 0 Å². The highest BCUT2D eigenvalue weighted by Gasteiger charge is 2.25. The molecule has 22 heavy (non-hydrogen) atoms. The molecule has 0 unspecified atom stereocenters. The molecule has 1 fully saturated rings. The Morgan fingerprint density at radius 3 is 2.27 bits per heavy atom. The predicted octanol–water partition coefficient (Wildman–Crippen LogP) is 0.805. The summed E-state index contributed by atoms with van der Waals surface area (Å²) >= 11 is 3.14. The summed E-state index contributed by atoms with van der Waals surface area (Å²) in [7, 11) is 1.56. The van der Waals surface area contributed by atoms with Crippen LogP contribution in [0.3, 0.4) is 0 Å². The van der Waals surface area contributed by atoms with Crippen molar-refractivity contribution in [3.8, 4) is 0 Å². The molecule has 1 aliphatic rings. The van der Waals surface area contributed by atoms with Gasteiger partial charge in [-0.2, -0.15) is 0 Å². The molecule has 0 bridgehead atoms. The molecule has 1 saturated heterocycles. The van der Waals surface area contributed by atoms with Crippen LogP contribution in [0.5, 0.6) is 0 Å². The fourth-order valence-corrected chi connectivity index (χ4v) is 2.57. The summed E-state index contributed by atoms with van der Waals surface area (Å²) in [6.07, 6.45) is 0. The molecule has 1 aromatic heterocycles. The average molecular weight is 372 g/mol. The standard InChI is InChI=1S/C14H18BrN3O4/c1-10(19)17-5-7-18(8-6-17)13(20)9-16(2)14(21)11-3-4-12(15)22-11/h3-4H,5-9H2,1-2H3. The molecule has 0 spiro atoms. The van der Waals surface area contributed by atoms with Crippen molar-refractivity contribution in [2.75, 3.05) is 39.8 Å². The van der Waals surface area contributed by atoms with Crippen molar-refractivity contribution in [2.45, 2.75) is 6.92 Å². The summed E-state index contributed by atoms with van der Waals surface area (Å²) in [6.45, 7) is 3.55. The summed E-state index contributed by atoms with van der Waals surface area (Å²) in [5.74, 6) is -0.280. The Balaban J connectivity index is 1.87. The monoisotopic (exact) mass is 371 g/mol. The molecule has 0 saturated carbocycles. The Labute approximate surface area is 137 Å². The SMILES string of the molecule is CC(=O)N1CCN(C(=O)CN(C)C(=O)c2ccc(Br)o2)CC1. The lowest BCUT2D eigenvalue weighted by Gasteiger charge is -2.34. The fourth-order valence-electron chi connectivity index (χ4n) is 2.26. The van der Waals surface area contributed by atoms with Crippen molar-refractivity contribution >= 4 is 33.7 Å². The third kappa shape index (κ3) is 3.88. The van der Waals surface area contributed by atoms with Crippen molar-refractivity contribution < 1.29 is 18.8 Å². The molecule has 0 atom stereocenters. The number of hydrogen-bond donors (Lipinski definition) is 0. The molecule has 8 heteroatoms. The van der Waals surface area contributed by atoms with Crippen LogP contribution in [0.2, 0.25) is 0 Å². The molecule has 2 rings (SSSR count). The predicted molar refractivity (Wildman–Crippen MR) is 82.2 cm³/mol. The largest absolute Gasteiger partial charge is 0.444 e. The molecule has 7 nitrogen and oxygen atoms in total. The minimum absolute atomic E-state index is 0.0165. The van der Waals surface area contributed by atoms with Crippen LogP contribution in [0.4, 0.5) is 0 Å². The van der Waals surface area contributed by atoms with Gasteiger partial charge in [0.25, 0.3) is 5.91 Å². The first-order valence-corrected chi connectivity index (χ1v) is 7.72. The summed E-state index contributed by atoms with van der Waals surface area (Å²) in [5.41, 5.74) is 0. The molecule has 120 valence electrons. The minimum Gasteiger partial charge on any atom is -0.444 e. The lowest BCUT2D eigenvalue weighted by Crippen LogP contribution is -2.52. The van der Waals surface area contributed by atoms with Gasteiger partial charge in [-0.1, -0.05) is 0 Å². The fraction of sp³-hybridized carbons (Fsp3) is 0.500. The lowest BCUT2D eigenvalue weighted by molar-refractivity contribution is -0.138. The van der Waals surface area contributed by atoms with Gasteiger partial charge in [0.1, 0.15) is 0 Å². The Hall–Kier alpha value is -1.83. The molecule has 0 aliphatic carbocycles. The first-order valence-electron chi connectivity index (χ1n) is 6.92. The second kappa shape index (κ2) is 6.95. The van der Waals surface area contributed by atoms with Gasteiger partial charge in [0.05, 0.1) is 6.54 Å². The van der Waals surface area contributed by atoms with E-state index in [2.05, 4.69) is 15.9 Å². The van der Waals surface area contributed by atoms with E-state index in [4.69, 9.17) is 4.42 Å². The third-order valence-electron chi connectivity index (χ3n) is 3.58. The summed E-state index contributed by atoms with van der Waals surface area (Å²) in [6, 6.07) is 3.18. The topological polar surface area (TPSA) is 74.1 Å². The van der Waals surface area contributed by atoms with Crippen LogP contribution in [-0.2, 0) is 9.59 Å². The zero-order chi connectivity index (χ0) is 16.3. The van der Waals surface area contributed by atoms with Gasteiger partial charge >= 0.3 is 0 Å². The molecule has 0 radical (unpaired) electrons. The second-order valence-corrected chi connectivity index (χ2v) is 5.93. The maximum absolute atomic E-state index is 12.2. The van der Waals surface area contributed by atoms with Crippen LogP contribution >= 0.6 is 15.9 Å². The number of hydrogen-bond acceptors (Lipinski definition) is 4. The summed E-state index contributed by atoms with van der Waals surface area (Å²) in [4.78, 5) is 40.3. The Kier molecular flexibility index (Phi) is 5.23. The highest BCUT2D eigenvalue weighted by atomic mass is 79.9. The van der Waals surface area contributed by atoms with Gasteiger partial charge in [0, 0.05) is 40.2 Å². The third-order valence-corrected chi connectivity index (χ3v) is 4.01. The minimum atomic E-state index is -0.346. The van der Waals surface area contributed by atoms with Gasteiger partial charge in [-0.3, -0.25) is 14.4 Å². The van der Waals surface area contributed by atoms with E-state index in [-0.39, 0.29) is 30.0 Å². The summed E-state index contributed by atoms with van der Waals surface area (Å²) in [5, 5.41) is 0. The second-order valence-electron chi connectivity index (χ2n) is 5.15. The van der Waals surface area contributed by atoms with Crippen molar-refractivity contribution in [1.82, 2.24) is 14.7 Å². The number of rotatable bonds is 3. The van der Waals surface area contributed by atoms with Crippen LogP contribution in [0, 0.1) is 0 Å². The van der Waals surface area contributed by atoms with E-state index in [1.54, 1.807) is 29.0 Å². The molecule has 1 aromatic rings. The van der Waals surface area contributed by atoms with Crippen LogP contribution in [0.1, 0.15) is 17.5 Å². The van der Waals surface area contributed by atoms with E-state index in [0.29, 0.717) is 30.8 Å². The quantitative estimate of drug-likeness (QED) is 0.787. The zero-order valence-electron chi connectivity index (χ0n) is 12.5. The number of carbonyl (C=O) groups excluding carboxylic acids is 3. The highest BCUT2D eigenvalue weighted by Crippen LogP contribution is 2.15. The number of carbonyl (C=O) groups is 3. The summed E-state index contributed by atoms with van der Waals surface area (Å²) < 4.78 is 5.66. The highest BCUT2D eigenvalue weighted by molar-refractivity contribution is 9.10. The van der Waals surface area contributed by atoms with Gasteiger partial charge in [0.15, 0.2) is 10.4 Å². The van der Waals surface area contributed by atoms with Gasteiger partial charge in [-0.25, -0.2) is 0 Å². The van der Waals surface area contributed by atoms with Crippen LogP contribution in [0.25, 0.3) is 0 Å². The maximum atomic E-state index is 12.2. The molecule has 0 N–H and O–H groups in total. The number of piperazine rings is 1. The molecular formula is C14H18BrN3O4. The van der Waals surface area contributed by atoms with E-state index in [1.807, 2.05) is 0 Å². The maximum Gasteiger partial charge on any atom is 0.289 e. The number of furan rings is 1. The van der Waals surface area contributed by atoms with E-state index in [1.165, 1.54) is 11.8 Å². The van der Waals surface area contributed by atoms with Crippen LogP contribution in [0.15, 0.2) is 21.2 Å². The Morgan fingerprint density at radius 2 is 1.77 bits per heavy atom. The molecule has 0 aromatic carbocycles. The van der Waals surface area contributed by atoms with Gasteiger partial charge < -0.3 is 19.1 Å². The molecule has 2 heterocycles. The normalized spacial score (nSPS) is 14.9. The van der Waals surface area contributed by atoms with E-state index in [0.717, 1.165) is 0 Å². The van der Waals surface area contributed by atoms with Crippen molar-refractivity contribution in [3.63, 3.8) is 0 Å². The average Bonchev–Trinajstić information content (AvgIpc) is 2.92. The van der Waals surface area contributed by atoms with Crippen molar-refractivity contribution in [2.24, 2.45) is 0 Å². The van der Waals surface area contributed by atoms with Crippen molar-refractivity contribution in [3.05, 3.63) is 22.6 Å². The van der Waals surface area contributed by atoms with Crippen molar-refractivity contribution in [1.29, 1.82) is 0 Å². The molecular weight excluding hydrogens is 354 g/mol. The Bertz CT molecular complexity index is 578. The lowest BCUT2D eigenvalue weighted by atomic mass is 10.3. The number of nitrogens with zero attached hydrogens (tertiary/aromatic N) is 3. The number of amides is 3. The van der Waals surface area contributed by atoms with E-state index < -0.39 is 0 Å². The van der Waals surface area contributed by atoms with Crippen LogP contribution < -0.4 is 0 Å². The number of halogens is 1. The van der Waals surface area contributed by atoms with Gasteiger partial charge in [0.2, 0.25) is 11.8 Å². The smallest absolute Gasteiger partial charge is 0.289 e. The van der Waals surface area contributed by atoms with E-state index >= 15 is 0 Å². The first kappa shape index (κ1) is 16.5. The first-order chi connectivity index (χ1) is 10.4. The molecule has 3 amide bonds.